The quantitative estimate of drug-likeness (QED) is 0.848. The van der Waals surface area contributed by atoms with Crippen LogP contribution in [0.3, 0.4) is 0 Å². The Morgan fingerprint density at radius 2 is 2.00 bits per heavy atom. The number of β-amino-alcohol motifs (C(OH)–C–C–N with tert-alkyl or cyclic N) is 1. The first kappa shape index (κ1) is 17.4. The molecule has 1 amide bonds. The Hall–Kier alpha value is -1.43. The molecule has 2 fully saturated rings. The van der Waals surface area contributed by atoms with Crippen molar-refractivity contribution in [3.8, 4) is 0 Å². The molecule has 24 heavy (non-hydrogen) atoms. The molecule has 2 heterocycles. The van der Waals surface area contributed by atoms with Crippen molar-refractivity contribution in [3.63, 3.8) is 0 Å². The molecule has 0 radical (unpaired) electrons. The van der Waals surface area contributed by atoms with Gasteiger partial charge in [-0.05, 0) is 45.0 Å². The molecule has 1 spiro atoms. The number of aliphatic hydroxyl groups excluding tert-OH is 1. The predicted octanol–water partition coefficient (Wildman–Crippen LogP) is 1.08. The van der Waals surface area contributed by atoms with Gasteiger partial charge in [0.05, 0.1) is 11.5 Å². The number of rotatable bonds is 5. The van der Waals surface area contributed by atoms with Crippen molar-refractivity contribution in [2.24, 2.45) is 5.41 Å². The molecule has 2 aliphatic rings. The number of aliphatic hydroxyl groups is 1. The zero-order chi connectivity index (χ0) is 17.0. The first-order valence-electron chi connectivity index (χ1n) is 8.99. The Morgan fingerprint density at radius 3 is 2.71 bits per heavy atom. The topological polar surface area (TPSA) is 55.8 Å². The molecule has 0 bridgehead atoms. The fourth-order valence-electron chi connectivity index (χ4n) is 3.94. The normalized spacial score (nSPS) is 24.3. The van der Waals surface area contributed by atoms with Crippen LogP contribution in [0.2, 0.25) is 0 Å². The van der Waals surface area contributed by atoms with Gasteiger partial charge in [-0.2, -0.15) is 0 Å². The summed E-state index contributed by atoms with van der Waals surface area (Å²) >= 11 is 0. The van der Waals surface area contributed by atoms with E-state index in [-0.39, 0.29) is 17.4 Å². The smallest absolute Gasteiger partial charge is 0.226 e. The maximum Gasteiger partial charge on any atom is 0.226 e. The van der Waals surface area contributed by atoms with Crippen LogP contribution in [0.15, 0.2) is 30.3 Å². The van der Waals surface area contributed by atoms with E-state index in [1.54, 1.807) is 0 Å². The van der Waals surface area contributed by atoms with Crippen molar-refractivity contribution in [1.29, 1.82) is 0 Å². The van der Waals surface area contributed by atoms with Crippen LogP contribution in [0.25, 0.3) is 0 Å². The van der Waals surface area contributed by atoms with E-state index in [0.29, 0.717) is 13.0 Å². The van der Waals surface area contributed by atoms with Gasteiger partial charge in [0, 0.05) is 26.2 Å². The van der Waals surface area contributed by atoms with Crippen LogP contribution in [-0.4, -0.2) is 66.7 Å². The summed E-state index contributed by atoms with van der Waals surface area (Å²) < 4.78 is 0. The second kappa shape index (κ2) is 7.64. The number of piperidine rings is 2. The molecule has 0 aliphatic carbocycles. The lowest BCUT2D eigenvalue weighted by Crippen LogP contribution is -2.56. The van der Waals surface area contributed by atoms with Crippen LogP contribution in [0.5, 0.6) is 0 Å². The average molecular weight is 331 g/mol. The standard InChI is InChI=1S/C19H29N3O2/c1-21(15-16-5-3-2-4-6-16)11-12-22-9-7-19(8-10-22)13-17(23)14-20-18(19)24/h2-6,17,23H,7-15H2,1H3,(H,20,24). The van der Waals surface area contributed by atoms with Crippen LogP contribution >= 0.6 is 0 Å². The number of hydrogen-bond donors (Lipinski definition) is 2. The summed E-state index contributed by atoms with van der Waals surface area (Å²) in [6.07, 6.45) is 1.96. The molecular weight excluding hydrogens is 302 g/mol. The molecule has 2 N–H and O–H groups in total. The van der Waals surface area contributed by atoms with Crippen molar-refractivity contribution >= 4 is 5.91 Å². The maximum absolute atomic E-state index is 12.2. The lowest BCUT2D eigenvalue weighted by Gasteiger charge is -2.44. The van der Waals surface area contributed by atoms with Gasteiger partial charge in [-0.15, -0.1) is 0 Å². The molecule has 5 heteroatoms. The van der Waals surface area contributed by atoms with Crippen molar-refractivity contribution in [1.82, 2.24) is 15.1 Å². The Morgan fingerprint density at radius 1 is 1.29 bits per heavy atom. The highest BCUT2D eigenvalue weighted by Crippen LogP contribution is 2.38. The summed E-state index contributed by atoms with van der Waals surface area (Å²) in [5, 5.41) is 12.8. The van der Waals surface area contributed by atoms with Gasteiger partial charge < -0.3 is 20.2 Å². The second-order valence-corrected chi connectivity index (χ2v) is 7.41. The fourth-order valence-corrected chi connectivity index (χ4v) is 3.94. The van der Waals surface area contributed by atoms with Crippen molar-refractivity contribution in [2.75, 3.05) is 39.8 Å². The third kappa shape index (κ3) is 4.15. The minimum atomic E-state index is -0.383. The van der Waals surface area contributed by atoms with Crippen LogP contribution in [-0.2, 0) is 11.3 Å². The van der Waals surface area contributed by atoms with E-state index in [2.05, 4.69) is 46.4 Å². The van der Waals surface area contributed by atoms with E-state index >= 15 is 0 Å². The minimum absolute atomic E-state index is 0.147. The van der Waals surface area contributed by atoms with E-state index in [1.807, 2.05) is 6.07 Å². The number of amides is 1. The zero-order valence-electron chi connectivity index (χ0n) is 14.6. The largest absolute Gasteiger partial charge is 0.391 e. The lowest BCUT2D eigenvalue weighted by molar-refractivity contribution is -0.140. The number of benzene rings is 1. The number of hydrogen-bond acceptors (Lipinski definition) is 4. The van der Waals surface area contributed by atoms with Gasteiger partial charge in [0.1, 0.15) is 0 Å². The molecule has 1 aromatic carbocycles. The predicted molar refractivity (Wildman–Crippen MR) is 94.5 cm³/mol. The molecule has 1 unspecified atom stereocenters. The lowest BCUT2D eigenvalue weighted by atomic mass is 9.71. The van der Waals surface area contributed by atoms with Crippen molar-refractivity contribution in [2.45, 2.75) is 31.9 Å². The van der Waals surface area contributed by atoms with E-state index in [1.165, 1.54) is 5.56 Å². The summed E-state index contributed by atoms with van der Waals surface area (Å²) in [5.41, 5.74) is 1.01. The second-order valence-electron chi connectivity index (χ2n) is 7.41. The summed E-state index contributed by atoms with van der Waals surface area (Å²) in [4.78, 5) is 17.0. The molecule has 1 aromatic rings. The van der Waals surface area contributed by atoms with Gasteiger partial charge in [-0.1, -0.05) is 30.3 Å². The van der Waals surface area contributed by atoms with Crippen molar-refractivity contribution in [3.05, 3.63) is 35.9 Å². The van der Waals surface area contributed by atoms with E-state index in [4.69, 9.17) is 0 Å². The molecule has 0 saturated carbocycles. The molecule has 3 rings (SSSR count). The molecule has 0 aromatic heterocycles. The summed E-state index contributed by atoms with van der Waals surface area (Å²) in [6.45, 7) is 5.32. The number of nitrogens with one attached hydrogen (secondary N) is 1. The van der Waals surface area contributed by atoms with E-state index < -0.39 is 0 Å². The summed E-state index contributed by atoms with van der Waals surface area (Å²) in [5.74, 6) is 0.147. The minimum Gasteiger partial charge on any atom is -0.391 e. The van der Waals surface area contributed by atoms with Crippen molar-refractivity contribution < 1.29 is 9.90 Å². The van der Waals surface area contributed by atoms with Crippen LogP contribution < -0.4 is 5.32 Å². The Labute approximate surface area is 144 Å². The van der Waals surface area contributed by atoms with Gasteiger partial charge in [0.2, 0.25) is 5.91 Å². The number of nitrogens with zero attached hydrogens (tertiary/aromatic N) is 2. The Kier molecular flexibility index (Phi) is 5.54. The zero-order valence-corrected chi connectivity index (χ0v) is 14.6. The van der Waals surface area contributed by atoms with Crippen LogP contribution in [0.1, 0.15) is 24.8 Å². The van der Waals surface area contributed by atoms with Gasteiger partial charge in [-0.3, -0.25) is 4.79 Å². The highest BCUT2D eigenvalue weighted by molar-refractivity contribution is 5.83. The van der Waals surface area contributed by atoms with Gasteiger partial charge in [0.15, 0.2) is 0 Å². The van der Waals surface area contributed by atoms with Gasteiger partial charge >= 0.3 is 0 Å². The molecule has 5 nitrogen and oxygen atoms in total. The molecule has 2 saturated heterocycles. The Balaban J connectivity index is 1.43. The number of likely N-dealkylation sites (N-methyl/N-ethyl adjacent to an activating group) is 1. The van der Waals surface area contributed by atoms with Gasteiger partial charge in [-0.25, -0.2) is 0 Å². The van der Waals surface area contributed by atoms with Crippen LogP contribution in [0.4, 0.5) is 0 Å². The van der Waals surface area contributed by atoms with E-state index in [0.717, 1.165) is 45.6 Å². The van der Waals surface area contributed by atoms with Gasteiger partial charge in [0.25, 0.3) is 0 Å². The summed E-state index contributed by atoms with van der Waals surface area (Å²) in [7, 11) is 2.16. The monoisotopic (exact) mass is 331 g/mol. The third-order valence-electron chi connectivity index (χ3n) is 5.51. The van der Waals surface area contributed by atoms with Crippen LogP contribution in [0, 0.1) is 5.41 Å². The fraction of sp³-hybridized carbons (Fsp3) is 0.632. The first-order chi connectivity index (χ1) is 11.6. The number of carbonyl (C=O) groups excluding carboxylic acids is 1. The maximum atomic E-state index is 12.2. The SMILES string of the molecule is CN(CCN1CCC2(CC1)CC(O)CNC2=O)Cc1ccccc1. The highest BCUT2D eigenvalue weighted by atomic mass is 16.3. The highest BCUT2D eigenvalue weighted by Gasteiger charge is 2.45. The first-order valence-corrected chi connectivity index (χ1v) is 8.99. The average Bonchev–Trinajstić information content (AvgIpc) is 2.59. The molecule has 132 valence electrons. The molecule has 2 aliphatic heterocycles. The van der Waals surface area contributed by atoms with E-state index in [9.17, 15) is 9.90 Å². The molecule has 1 atom stereocenters. The summed E-state index contributed by atoms with van der Waals surface area (Å²) in [6, 6.07) is 10.5. The number of likely N-dealkylation sites (tertiary alicyclic amines) is 1. The molecular formula is C19H29N3O2. The number of carbonyl (C=O) groups is 1. The third-order valence-corrected chi connectivity index (χ3v) is 5.51. The Bertz CT molecular complexity index is 541.